The zero-order valence-electron chi connectivity index (χ0n) is 12.6. The minimum atomic E-state index is -0.333. The first-order valence-corrected chi connectivity index (χ1v) is 9.44. The molecule has 0 atom stereocenters. The standard InChI is InChI=1S/C15H31NOSi/c1-4-15(3,5-2)17-18-13-9-12-16-14-10-7-6-8-11-14/h4-13,18H2,1-3H3. The van der Waals surface area contributed by atoms with Gasteiger partial charge >= 0.3 is 0 Å². The van der Waals surface area contributed by atoms with Crippen molar-refractivity contribution in [1.82, 2.24) is 0 Å². The summed E-state index contributed by atoms with van der Waals surface area (Å²) in [5, 5.41) is 0. The Kier molecular flexibility index (Phi) is 7.83. The van der Waals surface area contributed by atoms with Crippen LogP contribution >= 0.6 is 0 Å². The Morgan fingerprint density at radius 3 is 2.44 bits per heavy atom. The van der Waals surface area contributed by atoms with E-state index in [2.05, 4.69) is 20.8 Å². The maximum absolute atomic E-state index is 6.11. The lowest BCUT2D eigenvalue weighted by molar-refractivity contribution is 0.0851. The summed E-state index contributed by atoms with van der Waals surface area (Å²) in [5.74, 6) is 0. The molecule has 0 heterocycles. The second-order valence-electron chi connectivity index (χ2n) is 5.72. The van der Waals surface area contributed by atoms with E-state index in [-0.39, 0.29) is 15.4 Å². The Balaban J connectivity index is 2.04. The van der Waals surface area contributed by atoms with Crippen LogP contribution < -0.4 is 0 Å². The average Bonchev–Trinajstić information content (AvgIpc) is 2.43. The fraction of sp³-hybridized carbons (Fsp3) is 0.933. The summed E-state index contributed by atoms with van der Waals surface area (Å²) in [4.78, 5) is 4.74. The van der Waals surface area contributed by atoms with Crippen molar-refractivity contribution < 1.29 is 4.43 Å². The van der Waals surface area contributed by atoms with Crippen molar-refractivity contribution >= 4 is 15.5 Å². The Morgan fingerprint density at radius 2 is 1.83 bits per heavy atom. The highest BCUT2D eigenvalue weighted by molar-refractivity contribution is 6.27. The Hall–Kier alpha value is -0.153. The molecule has 0 aromatic carbocycles. The van der Waals surface area contributed by atoms with Gasteiger partial charge in [0.15, 0.2) is 9.76 Å². The van der Waals surface area contributed by atoms with Gasteiger partial charge in [0.2, 0.25) is 0 Å². The molecule has 0 aromatic heterocycles. The number of nitrogens with zero attached hydrogens (tertiary/aromatic N) is 1. The van der Waals surface area contributed by atoms with Crippen molar-refractivity contribution in [3.8, 4) is 0 Å². The van der Waals surface area contributed by atoms with Crippen molar-refractivity contribution in [3.05, 3.63) is 0 Å². The first-order chi connectivity index (χ1) is 8.70. The molecule has 106 valence electrons. The predicted molar refractivity (Wildman–Crippen MR) is 83.4 cm³/mol. The largest absolute Gasteiger partial charge is 0.419 e. The van der Waals surface area contributed by atoms with Crippen LogP contribution in [0.25, 0.3) is 0 Å². The van der Waals surface area contributed by atoms with Crippen LogP contribution in [0.3, 0.4) is 0 Å². The SMILES string of the molecule is CCC(C)(CC)O[SiH2]CCCN=C1CCCCC1. The lowest BCUT2D eigenvalue weighted by Crippen LogP contribution is -2.28. The van der Waals surface area contributed by atoms with Gasteiger partial charge in [0.05, 0.1) is 5.60 Å². The van der Waals surface area contributed by atoms with Crippen LogP contribution in [0.5, 0.6) is 0 Å². The molecule has 1 fully saturated rings. The molecule has 1 aliphatic carbocycles. The van der Waals surface area contributed by atoms with Gasteiger partial charge in [-0.25, -0.2) is 0 Å². The van der Waals surface area contributed by atoms with Gasteiger partial charge in [0.25, 0.3) is 0 Å². The van der Waals surface area contributed by atoms with Crippen LogP contribution in [-0.4, -0.2) is 27.6 Å². The van der Waals surface area contributed by atoms with Crippen molar-refractivity contribution in [3.63, 3.8) is 0 Å². The molecule has 0 radical (unpaired) electrons. The summed E-state index contributed by atoms with van der Waals surface area (Å²) in [6.45, 7) is 7.75. The molecule has 0 unspecified atom stereocenters. The maximum Gasteiger partial charge on any atom is 0.162 e. The zero-order chi connectivity index (χ0) is 13.3. The molecule has 0 spiro atoms. The van der Waals surface area contributed by atoms with E-state index < -0.39 is 0 Å². The maximum atomic E-state index is 6.11. The highest BCUT2D eigenvalue weighted by atomic mass is 28.2. The molecular weight excluding hydrogens is 238 g/mol. The molecule has 3 heteroatoms. The predicted octanol–water partition coefficient (Wildman–Crippen LogP) is 3.88. The third-order valence-electron chi connectivity index (χ3n) is 4.26. The van der Waals surface area contributed by atoms with Gasteiger partial charge in [-0.2, -0.15) is 0 Å². The van der Waals surface area contributed by atoms with Gasteiger partial charge in [-0.05, 0) is 57.9 Å². The fourth-order valence-corrected chi connectivity index (χ4v) is 3.81. The quantitative estimate of drug-likeness (QED) is 0.484. The molecule has 1 rings (SSSR count). The molecule has 0 bridgehead atoms. The highest BCUT2D eigenvalue weighted by Crippen LogP contribution is 2.19. The Labute approximate surface area is 116 Å². The summed E-state index contributed by atoms with van der Waals surface area (Å²) in [6.07, 6.45) is 10.2. The van der Waals surface area contributed by atoms with Crippen molar-refractivity contribution in [2.45, 2.75) is 83.8 Å². The second kappa shape index (κ2) is 8.86. The summed E-state index contributed by atoms with van der Waals surface area (Å²) < 4.78 is 6.11. The van der Waals surface area contributed by atoms with Crippen LogP contribution in [0.1, 0.15) is 72.1 Å². The number of hydrogen-bond donors (Lipinski definition) is 0. The third-order valence-corrected chi connectivity index (χ3v) is 5.95. The molecular formula is C15H31NOSi. The summed E-state index contributed by atoms with van der Waals surface area (Å²) >= 11 is 0. The highest BCUT2D eigenvalue weighted by Gasteiger charge is 2.18. The van der Waals surface area contributed by atoms with Crippen molar-refractivity contribution in [1.29, 1.82) is 0 Å². The van der Waals surface area contributed by atoms with Gasteiger partial charge in [-0.3, -0.25) is 4.99 Å². The van der Waals surface area contributed by atoms with Gasteiger partial charge in [-0.15, -0.1) is 0 Å². The normalized spacial score (nSPS) is 17.6. The van der Waals surface area contributed by atoms with Gasteiger partial charge in [0, 0.05) is 12.3 Å². The summed E-state index contributed by atoms with van der Waals surface area (Å²) in [6, 6.07) is 1.28. The van der Waals surface area contributed by atoms with Crippen LogP contribution in [0.2, 0.25) is 6.04 Å². The minimum Gasteiger partial charge on any atom is -0.419 e. The number of hydrogen-bond acceptors (Lipinski definition) is 2. The van der Waals surface area contributed by atoms with Crippen LogP contribution in [0, 0.1) is 0 Å². The molecule has 0 aliphatic heterocycles. The summed E-state index contributed by atoms with van der Waals surface area (Å²) in [5.41, 5.74) is 1.64. The summed E-state index contributed by atoms with van der Waals surface area (Å²) in [7, 11) is -0.333. The van der Waals surface area contributed by atoms with Gasteiger partial charge in [0.1, 0.15) is 0 Å². The van der Waals surface area contributed by atoms with Crippen LogP contribution in [0.15, 0.2) is 4.99 Å². The first-order valence-electron chi connectivity index (χ1n) is 7.86. The Morgan fingerprint density at radius 1 is 1.17 bits per heavy atom. The van der Waals surface area contributed by atoms with Crippen molar-refractivity contribution in [2.75, 3.05) is 6.54 Å². The van der Waals surface area contributed by atoms with Crippen LogP contribution in [-0.2, 0) is 4.43 Å². The molecule has 0 amide bonds. The molecule has 0 saturated heterocycles. The molecule has 0 N–H and O–H groups in total. The molecule has 1 saturated carbocycles. The zero-order valence-corrected chi connectivity index (χ0v) is 14.0. The lowest BCUT2D eigenvalue weighted by Gasteiger charge is -2.27. The van der Waals surface area contributed by atoms with E-state index >= 15 is 0 Å². The minimum absolute atomic E-state index is 0.154. The van der Waals surface area contributed by atoms with E-state index in [0.29, 0.717) is 0 Å². The van der Waals surface area contributed by atoms with Gasteiger partial charge < -0.3 is 4.43 Å². The smallest absolute Gasteiger partial charge is 0.162 e. The van der Waals surface area contributed by atoms with E-state index in [4.69, 9.17) is 9.42 Å². The van der Waals surface area contributed by atoms with E-state index in [0.717, 1.165) is 19.4 Å². The third kappa shape index (κ3) is 6.14. The lowest BCUT2D eigenvalue weighted by atomic mass is 9.98. The van der Waals surface area contributed by atoms with Crippen LogP contribution in [0.4, 0.5) is 0 Å². The second-order valence-corrected chi connectivity index (χ2v) is 7.13. The van der Waals surface area contributed by atoms with E-state index in [1.165, 1.54) is 50.3 Å². The molecule has 18 heavy (non-hydrogen) atoms. The average molecular weight is 270 g/mol. The molecule has 1 aliphatic rings. The number of rotatable bonds is 8. The fourth-order valence-electron chi connectivity index (χ4n) is 2.34. The van der Waals surface area contributed by atoms with E-state index in [1.807, 2.05) is 0 Å². The first kappa shape index (κ1) is 15.9. The topological polar surface area (TPSA) is 21.6 Å². The van der Waals surface area contributed by atoms with E-state index in [9.17, 15) is 0 Å². The Bertz CT molecular complexity index is 241. The molecule has 0 aromatic rings. The van der Waals surface area contributed by atoms with Gasteiger partial charge in [-0.1, -0.05) is 20.3 Å². The van der Waals surface area contributed by atoms with Crippen molar-refractivity contribution in [2.24, 2.45) is 4.99 Å². The monoisotopic (exact) mass is 269 g/mol. The van der Waals surface area contributed by atoms with E-state index in [1.54, 1.807) is 0 Å². The number of aliphatic imine (C=N–C) groups is 1. The molecule has 2 nitrogen and oxygen atoms in total.